The van der Waals surface area contributed by atoms with Gasteiger partial charge >= 0.3 is 0 Å². The lowest BCUT2D eigenvalue weighted by molar-refractivity contribution is 0.590. The first-order valence-corrected chi connectivity index (χ1v) is 12.8. The van der Waals surface area contributed by atoms with Gasteiger partial charge in [-0.05, 0) is 44.2 Å². The van der Waals surface area contributed by atoms with Gasteiger partial charge in [-0.1, -0.05) is 149 Å². The predicted octanol–water partition coefficient (Wildman–Crippen LogP) is 7.27. The molecule has 0 spiro atoms. The summed E-state index contributed by atoms with van der Waals surface area (Å²) in [4.78, 5) is 0. The van der Waals surface area contributed by atoms with Crippen LogP contribution >= 0.6 is 0 Å². The highest BCUT2D eigenvalue weighted by molar-refractivity contribution is 6.70. The number of benzene rings is 4. The second kappa shape index (κ2) is 9.15. The van der Waals surface area contributed by atoms with Crippen molar-refractivity contribution in [1.82, 2.24) is 0 Å². The molecule has 0 atom stereocenters. The fourth-order valence-electron chi connectivity index (χ4n) is 4.13. The summed E-state index contributed by atoms with van der Waals surface area (Å²) in [6.45, 7) is 13.6. The summed E-state index contributed by atoms with van der Waals surface area (Å²) in [6.07, 6.45) is 0. The number of hydrogen-bond donors (Lipinski definition) is 0. The van der Waals surface area contributed by atoms with Gasteiger partial charge in [-0.15, -0.1) is 0 Å². The number of hydrogen-bond acceptors (Lipinski definition) is 0. The molecule has 0 aliphatic rings. The van der Waals surface area contributed by atoms with Crippen molar-refractivity contribution in [2.75, 3.05) is 0 Å². The van der Waals surface area contributed by atoms with Gasteiger partial charge in [0.2, 0.25) is 0 Å². The highest BCUT2D eigenvalue weighted by Crippen LogP contribution is 2.27. The van der Waals surface area contributed by atoms with E-state index in [1.54, 1.807) is 0 Å². The van der Waals surface area contributed by atoms with Crippen molar-refractivity contribution in [1.29, 1.82) is 0 Å². The van der Waals surface area contributed by atoms with Crippen LogP contribution in [0.2, 0.25) is 0 Å². The van der Waals surface area contributed by atoms with E-state index in [4.69, 9.17) is 0 Å². The second-order valence-corrected chi connectivity index (χ2v) is 12.2. The summed E-state index contributed by atoms with van der Waals surface area (Å²) in [6, 6.07) is 35.9. The van der Waals surface area contributed by atoms with Crippen molar-refractivity contribution in [3.8, 4) is 22.3 Å². The average molecular weight is 447 g/mol. The zero-order chi connectivity index (χ0) is 23.6. The Morgan fingerprint density at radius 2 is 0.758 bits per heavy atom. The molecule has 166 valence electrons. The van der Waals surface area contributed by atoms with Crippen LogP contribution in [0.4, 0.5) is 0 Å². The van der Waals surface area contributed by atoms with E-state index in [0.717, 1.165) is 0 Å². The van der Waals surface area contributed by atoms with Gasteiger partial charge in [0.15, 0.2) is 0 Å². The summed E-state index contributed by atoms with van der Waals surface area (Å²) in [5, 5.41) is 2.78. The first kappa shape index (κ1) is 23.3. The maximum absolute atomic E-state index is 2.28. The second-order valence-electron chi connectivity index (χ2n) is 10.9. The first-order valence-electron chi connectivity index (χ1n) is 11.8. The molecular formula is C32H34Si. The average Bonchev–Trinajstić information content (AvgIpc) is 2.79. The minimum Gasteiger partial charge on any atom is -0.0625 e. The topological polar surface area (TPSA) is 0 Å². The Balaban J connectivity index is 1.68. The molecule has 0 bridgehead atoms. The lowest BCUT2D eigenvalue weighted by Crippen LogP contribution is -2.30. The Morgan fingerprint density at radius 3 is 1.09 bits per heavy atom. The van der Waals surface area contributed by atoms with Crippen molar-refractivity contribution in [2.45, 2.75) is 52.4 Å². The van der Waals surface area contributed by atoms with Crippen molar-refractivity contribution in [3.05, 3.63) is 108 Å². The molecule has 0 heterocycles. The van der Waals surface area contributed by atoms with Crippen molar-refractivity contribution < 1.29 is 0 Å². The normalized spacial score (nSPS) is 12.1. The van der Waals surface area contributed by atoms with Gasteiger partial charge < -0.3 is 0 Å². The molecule has 4 aromatic carbocycles. The largest absolute Gasteiger partial charge is 0.123 e. The molecule has 0 aliphatic carbocycles. The van der Waals surface area contributed by atoms with Crippen molar-refractivity contribution >= 4 is 19.9 Å². The monoisotopic (exact) mass is 446 g/mol. The van der Waals surface area contributed by atoms with E-state index in [1.807, 2.05) is 0 Å². The van der Waals surface area contributed by atoms with Crippen LogP contribution in [0.15, 0.2) is 97.1 Å². The Hall–Kier alpha value is -2.90. The minimum absolute atomic E-state index is 0.168. The van der Waals surface area contributed by atoms with Crippen LogP contribution < -0.4 is 10.4 Å². The molecule has 0 saturated heterocycles. The minimum atomic E-state index is 0.168. The van der Waals surface area contributed by atoms with Crippen LogP contribution in [-0.4, -0.2) is 9.52 Å². The molecule has 1 heteroatoms. The summed E-state index contributed by atoms with van der Waals surface area (Å²) in [5.74, 6) is 0. The standard InChI is InChI=1S/C32H34Si/c1-31(2,3)25-19-15-23(16-20-25)27-11-7-9-13-29(27)33-30-14-10-8-12-28(30)24-17-21-26(22-18-24)32(4,5)6/h7-22H,1-6H3. The highest BCUT2D eigenvalue weighted by atomic mass is 28.2. The molecule has 33 heavy (non-hydrogen) atoms. The Bertz CT molecular complexity index is 1120. The molecule has 0 aromatic heterocycles. The lowest BCUT2D eigenvalue weighted by atomic mass is 9.86. The van der Waals surface area contributed by atoms with E-state index in [1.165, 1.54) is 43.8 Å². The lowest BCUT2D eigenvalue weighted by Gasteiger charge is -2.20. The van der Waals surface area contributed by atoms with Crippen LogP contribution in [0.1, 0.15) is 52.7 Å². The molecule has 0 amide bonds. The molecule has 0 fully saturated rings. The van der Waals surface area contributed by atoms with Crippen LogP contribution in [0.5, 0.6) is 0 Å². The Morgan fingerprint density at radius 1 is 0.424 bits per heavy atom. The molecular weight excluding hydrogens is 412 g/mol. The molecule has 0 unspecified atom stereocenters. The zero-order valence-electron chi connectivity index (χ0n) is 20.7. The third-order valence-corrected chi connectivity index (χ3v) is 7.66. The van der Waals surface area contributed by atoms with E-state index < -0.39 is 0 Å². The van der Waals surface area contributed by atoms with Crippen molar-refractivity contribution in [3.63, 3.8) is 0 Å². The predicted molar refractivity (Wildman–Crippen MR) is 146 cm³/mol. The number of rotatable bonds is 4. The maximum atomic E-state index is 2.28. The van der Waals surface area contributed by atoms with E-state index in [9.17, 15) is 0 Å². The summed E-state index contributed by atoms with van der Waals surface area (Å²) in [5.41, 5.74) is 8.31. The van der Waals surface area contributed by atoms with Crippen LogP contribution in [0.25, 0.3) is 22.3 Å². The quantitative estimate of drug-likeness (QED) is 0.289. The summed E-state index contributed by atoms with van der Waals surface area (Å²) < 4.78 is 0. The van der Waals surface area contributed by atoms with E-state index in [-0.39, 0.29) is 10.8 Å². The van der Waals surface area contributed by atoms with E-state index >= 15 is 0 Å². The molecule has 0 aliphatic heterocycles. The van der Waals surface area contributed by atoms with Crippen molar-refractivity contribution in [2.24, 2.45) is 0 Å². The highest BCUT2D eigenvalue weighted by Gasteiger charge is 2.16. The molecule has 4 rings (SSSR count). The molecule has 0 nitrogen and oxygen atoms in total. The third kappa shape index (κ3) is 5.37. The Kier molecular flexibility index (Phi) is 6.45. The maximum Gasteiger partial charge on any atom is 0.123 e. The van der Waals surface area contributed by atoms with Crippen LogP contribution in [-0.2, 0) is 10.8 Å². The molecule has 2 radical (unpaired) electrons. The fourth-order valence-corrected chi connectivity index (χ4v) is 5.51. The van der Waals surface area contributed by atoms with E-state index in [2.05, 4.69) is 139 Å². The summed E-state index contributed by atoms with van der Waals surface area (Å²) >= 11 is 0. The third-order valence-electron chi connectivity index (χ3n) is 6.25. The molecule has 4 aromatic rings. The molecule has 0 N–H and O–H groups in total. The van der Waals surface area contributed by atoms with Crippen LogP contribution in [0.3, 0.4) is 0 Å². The SMILES string of the molecule is CC(C)(C)c1ccc(-c2ccccc2[Si]c2ccccc2-c2ccc(C(C)(C)C)cc2)cc1. The molecule has 0 saturated carbocycles. The van der Waals surface area contributed by atoms with Gasteiger partial charge in [0.1, 0.15) is 9.52 Å². The smallest absolute Gasteiger partial charge is 0.0625 e. The summed E-state index contributed by atoms with van der Waals surface area (Å²) in [7, 11) is 0.598. The van der Waals surface area contributed by atoms with Gasteiger partial charge in [-0.2, -0.15) is 0 Å². The van der Waals surface area contributed by atoms with Gasteiger partial charge in [0.25, 0.3) is 0 Å². The Labute approximate surface area is 202 Å². The van der Waals surface area contributed by atoms with Gasteiger partial charge in [0.05, 0.1) is 0 Å². The van der Waals surface area contributed by atoms with Crippen LogP contribution in [0, 0.1) is 0 Å². The van der Waals surface area contributed by atoms with Gasteiger partial charge in [0, 0.05) is 0 Å². The van der Waals surface area contributed by atoms with Gasteiger partial charge in [-0.25, -0.2) is 0 Å². The first-order chi connectivity index (χ1) is 15.6. The fraction of sp³-hybridized carbons (Fsp3) is 0.250. The van der Waals surface area contributed by atoms with Gasteiger partial charge in [-0.3, -0.25) is 0 Å². The van der Waals surface area contributed by atoms with E-state index in [0.29, 0.717) is 9.52 Å². The zero-order valence-corrected chi connectivity index (χ0v) is 21.7.